The molecule has 0 spiro atoms. The van der Waals surface area contributed by atoms with E-state index < -0.39 is 0 Å². The number of rotatable bonds is 15. The third-order valence-corrected chi connectivity index (χ3v) is 7.76. The summed E-state index contributed by atoms with van der Waals surface area (Å²) in [6.45, 7) is 6.44. The Hall–Kier alpha value is -3.08. The van der Waals surface area contributed by atoms with Gasteiger partial charge in [-0.2, -0.15) is 0 Å². The van der Waals surface area contributed by atoms with E-state index in [1.54, 1.807) is 30.5 Å². The molecule has 0 atom stereocenters. The van der Waals surface area contributed by atoms with Crippen LogP contribution in [-0.2, 0) is 22.5 Å². The van der Waals surface area contributed by atoms with E-state index in [4.69, 9.17) is 14.2 Å². The number of hydrogen-bond donors (Lipinski definition) is 1. The fraction of sp³-hybridized carbons (Fsp3) is 0.400. The highest BCUT2D eigenvalue weighted by Gasteiger charge is 2.22. The highest BCUT2D eigenvalue weighted by molar-refractivity contribution is 9.10. The predicted molar refractivity (Wildman–Crippen MR) is 164 cm³/mol. The van der Waals surface area contributed by atoms with Gasteiger partial charge in [0.15, 0.2) is 11.5 Å². The molecule has 1 heterocycles. The minimum Gasteiger partial charge on any atom is -0.493 e. The largest absolute Gasteiger partial charge is 0.493 e. The minimum absolute atomic E-state index is 0.0369. The maximum Gasteiger partial charge on any atom is 0.322 e. The number of benzene rings is 2. The maximum absolute atomic E-state index is 13.7. The lowest BCUT2D eigenvalue weighted by Gasteiger charge is -2.28. The van der Waals surface area contributed by atoms with Crippen molar-refractivity contribution >= 4 is 44.9 Å². The number of thiophene rings is 1. The molecule has 0 saturated heterocycles. The second kappa shape index (κ2) is 16.2. The Morgan fingerprint density at radius 2 is 1.70 bits per heavy atom. The zero-order valence-corrected chi connectivity index (χ0v) is 26.0. The van der Waals surface area contributed by atoms with Crippen molar-refractivity contribution in [2.45, 2.75) is 33.2 Å². The number of nitrogens with zero attached hydrogens (tertiary/aromatic N) is 2. The van der Waals surface area contributed by atoms with Crippen LogP contribution in [0.15, 0.2) is 59.1 Å². The molecule has 3 aromatic rings. The summed E-state index contributed by atoms with van der Waals surface area (Å²) < 4.78 is 17.2. The van der Waals surface area contributed by atoms with Gasteiger partial charge in [-0.15, -0.1) is 11.3 Å². The topological polar surface area (TPSA) is 80.3 Å². The molecular weight excluding hydrogens is 594 g/mol. The summed E-state index contributed by atoms with van der Waals surface area (Å²) in [6, 6.07) is 16.9. The first-order valence-electron chi connectivity index (χ1n) is 13.3. The van der Waals surface area contributed by atoms with Crippen molar-refractivity contribution in [3.8, 4) is 11.5 Å². The summed E-state index contributed by atoms with van der Waals surface area (Å²) in [7, 11) is 3.21. The van der Waals surface area contributed by atoms with Gasteiger partial charge in [-0.1, -0.05) is 22.0 Å². The van der Waals surface area contributed by atoms with Crippen LogP contribution in [0.2, 0.25) is 0 Å². The Bertz CT molecular complexity index is 1230. The predicted octanol–water partition coefficient (Wildman–Crippen LogP) is 6.37. The third-order valence-electron chi connectivity index (χ3n) is 6.24. The van der Waals surface area contributed by atoms with E-state index in [0.717, 1.165) is 14.9 Å². The van der Waals surface area contributed by atoms with Gasteiger partial charge in [-0.3, -0.25) is 4.79 Å². The molecule has 10 heteroatoms. The average Bonchev–Trinajstić information content (AvgIpc) is 3.37. The molecule has 40 heavy (non-hydrogen) atoms. The van der Waals surface area contributed by atoms with Crippen LogP contribution < -0.4 is 14.8 Å². The van der Waals surface area contributed by atoms with Crippen LogP contribution in [0.25, 0.3) is 0 Å². The zero-order chi connectivity index (χ0) is 28.9. The molecule has 2 aromatic carbocycles. The molecule has 3 rings (SSSR count). The Balaban J connectivity index is 1.75. The number of carbonyl (C=O) groups excluding carboxylic acids is 2. The summed E-state index contributed by atoms with van der Waals surface area (Å²) in [4.78, 5) is 32.7. The molecule has 8 nitrogen and oxygen atoms in total. The van der Waals surface area contributed by atoms with Gasteiger partial charge in [0.25, 0.3) is 0 Å². The second-order valence-corrected chi connectivity index (χ2v) is 11.5. The van der Waals surface area contributed by atoms with Crippen LogP contribution in [0.1, 0.15) is 28.7 Å². The first kappa shape index (κ1) is 31.4. The molecule has 3 amide bonds. The fourth-order valence-electron chi connectivity index (χ4n) is 4.10. The number of methoxy groups -OCH3 is 2. The Morgan fingerprint density at radius 1 is 0.950 bits per heavy atom. The lowest BCUT2D eigenvalue weighted by atomic mass is 10.1. The van der Waals surface area contributed by atoms with Crippen molar-refractivity contribution in [2.24, 2.45) is 0 Å². The first-order valence-corrected chi connectivity index (χ1v) is 14.9. The van der Waals surface area contributed by atoms with E-state index in [9.17, 15) is 9.59 Å². The molecule has 1 N–H and O–H groups in total. The van der Waals surface area contributed by atoms with Gasteiger partial charge in [0.05, 0.1) is 20.8 Å². The number of carbonyl (C=O) groups is 2. The smallest absolute Gasteiger partial charge is 0.322 e. The average molecular weight is 633 g/mol. The molecular formula is C30H38BrN3O5S. The molecule has 0 unspecified atom stereocenters. The second-order valence-electron chi connectivity index (χ2n) is 9.18. The van der Waals surface area contributed by atoms with Gasteiger partial charge in [0, 0.05) is 46.2 Å². The third kappa shape index (κ3) is 9.83. The monoisotopic (exact) mass is 631 g/mol. The number of anilines is 1. The van der Waals surface area contributed by atoms with Crippen LogP contribution >= 0.6 is 27.3 Å². The molecule has 1 aromatic heterocycles. The molecule has 0 radical (unpaired) electrons. The van der Waals surface area contributed by atoms with Crippen LogP contribution in [0.4, 0.5) is 10.5 Å². The molecule has 216 valence electrons. The Labute approximate surface area is 249 Å². The van der Waals surface area contributed by atoms with Crippen LogP contribution in [0.5, 0.6) is 11.5 Å². The molecule has 0 saturated carbocycles. The van der Waals surface area contributed by atoms with Crippen molar-refractivity contribution in [3.63, 3.8) is 0 Å². The number of aryl methyl sites for hydroxylation is 1. The normalized spacial score (nSPS) is 10.7. The molecule has 0 aliphatic heterocycles. The van der Waals surface area contributed by atoms with E-state index in [1.165, 1.54) is 4.88 Å². The van der Waals surface area contributed by atoms with E-state index >= 15 is 0 Å². The maximum atomic E-state index is 13.7. The summed E-state index contributed by atoms with van der Waals surface area (Å²) >= 11 is 5.08. The fourth-order valence-corrected chi connectivity index (χ4v) is 5.27. The van der Waals surface area contributed by atoms with E-state index in [1.807, 2.05) is 54.3 Å². The lowest BCUT2D eigenvalue weighted by Crippen LogP contribution is -2.45. The number of nitrogens with one attached hydrogen (secondary N) is 1. The summed E-state index contributed by atoms with van der Waals surface area (Å²) in [5, 5.41) is 2.92. The van der Waals surface area contributed by atoms with E-state index in [-0.39, 0.29) is 18.5 Å². The van der Waals surface area contributed by atoms with Crippen molar-refractivity contribution in [1.82, 2.24) is 9.80 Å². The van der Waals surface area contributed by atoms with Gasteiger partial charge in [-0.25, -0.2) is 4.79 Å². The quantitative estimate of drug-likeness (QED) is 0.197. The van der Waals surface area contributed by atoms with Crippen molar-refractivity contribution < 1.29 is 23.8 Å². The van der Waals surface area contributed by atoms with E-state index in [2.05, 4.69) is 40.3 Å². The Kier molecular flexibility index (Phi) is 12.8. The standard InChI is InChI=1S/C30H38BrN3O5S/c1-5-39-18-6-16-34(30(36)32-25-11-9-24(31)10-12-25)21-29(35)33(20-26-13-7-22(2)40-26)17-15-23-8-14-27(37-3)28(19-23)38-4/h7-14,19H,5-6,15-18,20-21H2,1-4H3,(H,32,36). The minimum atomic E-state index is -0.320. The number of urea groups is 1. The van der Waals surface area contributed by atoms with Gasteiger partial charge < -0.3 is 29.3 Å². The summed E-state index contributed by atoms with van der Waals surface area (Å²) in [5.74, 6) is 1.19. The van der Waals surface area contributed by atoms with Gasteiger partial charge in [0.2, 0.25) is 5.91 Å². The van der Waals surface area contributed by atoms with E-state index in [0.29, 0.717) is 62.9 Å². The molecule has 0 bridgehead atoms. The molecule has 0 aliphatic carbocycles. The SMILES string of the molecule is CCOCCCN(CC(=O)N(CCc1ccc(OC)c(OC)c1)Cc1ccc(C)s1)C(=O)Nc1ccc(Br)cc1. The zero-order valence-electron chi connectivity index (χ0n) is 23.6. The van der Waals surface area contributed by atoms with Crippen LogP contribution in [-0.4, -0.2) is 68.8 Å². The van der Waals surface area contributed by atoms with Gasteiger partial charge in [-0.05, 0) is 80.8 Å². The number of halogens is 1. The molecule has 0 aliphatic rings. The molecule has 0 fully saturated rings. The number of ether oxygens (including phenoxy) is 3. The first-order chi connectivity index (χ1) is 19.3. The summed E-state index contributed by atoms with van der Waals surface area (Å²) in [5.41, 5.74) is 1.69. The Morgan fingerprint density at radius 3 is 2.35 bits per heavy atom. The van der Waals surface area contributed by atoms with Gasteiger partial charge >= 0.3 is 6.03 Å². The van der Waals surface area contributed by atoms with Crippen molar-refractivity contribution in [2.75, 3.05) is 52.4 Å². The van der Waals surface area contributed by atoms with Gasteiger partial charge in [0.1, 0.15) is 6.54 Å². The highest BCUT2D eigenvalue weighted by atomic mass is 79.9. The number of hydrogen-bond acceptors (Lipinski definition) is 6. The van der Waals surface area contributed by atoms with Crippen LogP contribution in [0, 0.1) is 6.92 Å². The lowest BCUT2D eigenvalue weighted by molar-refractivity contribution is -0.132. The summed E-state index contributed by atoms with van der Waals surface area (Å²) in [6.07, 6.45) is 1.26. The van der Waals surface area contributed by atoms with Crippen molar-refractivity contribution in [3.05, 3.63) is 74.4 Å². The number of amides is 3. The van der Waals surface area contributed by atoms with Crippen molar-refractivity contribution in [1.29, 1.82) is 0 Å². The van der Waals surface area contributed by atoms with Crippen LogP contribution in [0.3, 0.4) is 0 Å². The highest BCUT2D eigenvalue weighted by Crippen LogP contribution is 2.28.